The van der Waals surface area contributed by atoms with Crippen molar-refractivity contribution >= 4 is 17.0 Å². The van der Waals surface area contributed by atoms with Gasteiger partial charge in [-0.1, -0.05) is 5.16 Å². The van der Waals surface area contributed by atoms with E-state index in [2.05, 4.69) is 15.0 Å². The fraction of sp³-hybridized carbons (Fsp3) is 0.476. The first-order valence-electron chi connectivity index (χ1n) is 9.89. The van der Waals surface area contributed by atoms with Crippen LogP contribution >= 0.6 is 0 Å². The maximum atomic E-state index is 13.5. The Labute approximate surface area is 163 Å². The van der Waals surface area contributed by atoms with Crippen LogP contribution in [0.15, 0.2) is 21.1 Å². The second kappa shape index (κ2) is 6.44. The standard InChI is InChI=1S/C21H24N4O3/c1-12-9-16(14(3)27-12)18-10-17(19-13(2)23-28-20(19)22-18)21(26)25-8-7-24-6-4-5-15(24)11-25/h9-10,15H,4-8,11H2,1-3H3. The van der Waals surface area contributed by atoms with Gasteiger partial charge in [-0.15, -0.1) is 0 Å². The van der Waals surface area contributed by atoms with Gasteiger partial charge in [0.15, 0.2) is 0 Å². The van der Waals surface area contributed by atoms with Gasteiger partial charge in [-0.3, -0.25) is 9.69 Å². The zero-order valence-electron chi connectivity index (χ0n) is 16.5. The zero-order chi connectivity index (χ0) is 19.4. The van der Waals surface area contributed by atoms with Gasteiger partial charge in [0.1, 0.15) is 11.5 Å². The molecular weight excluding hydrogens is 356 g/mol. The molecule has 2 fully saturated rings. The van der Waals surface area contributed by atoms with E-state index in [9.17, 15) is 4.79 Å². The topological polar surface area (TPSA) is 75.6 Å². The summed E-state index contributed by atoms with van der Waals surface area (Å²) in [5.74, 6) is 1.62. The lowest BCUT2D eigenvalue weighted by molar-refractivity contribution is 0.0573. The molecule has 0 N–H and O–H groups in total. The Kier molecular flexibility index (Phi) is 4.01. The number of aromatic nitrogens is 2. The summed E-state index contributed by atoms with van der Waals surface area (Å²) in [5, 5.41) is 4.77. The summed E-state index contributed by atoms with van der Waals surface area (Å²) < 4.78 is 11.1. The number of pyridine rings is 1. The Morgan fingerprint density at radius 1 is 1.18 bits per heavy atom. The molecule has 1 unspecified atom stereocenters. The third kappa shape index (κ3) is 2.73. The first kappa shape index (κ1) is 17.4. The maximum absolute atomic E-state index is 13.5. The Morgan fingerprint density at radius 3 is 2.82 bits per heavy atom. The molecule has 5 rings (SSSR count). The van der Waals surface area contributed by atoms with Crippen molar-refractivity contribution < 1.29 is 13.7 Å². The lowest BCUT2D eigenvalue weighted by Gasteiger charge is -2.37. The van der Waals surface area contributed by atoms with Crippen molar-refractivity contribution in [3.8, 4) is 11.3 Å². The van der Waals surface area contributed by atoms with Gasteiger partial charge in [-0.25, -0.2) is 4.98 Å². The predicted octanol–water partition coefficient (Wildman–Crippen LogP) is 3.33. The molecule has 1 amide bonds. The first-order valence-corrected chi connectivity index (χ1v) is 9.89. The number of aryl methyl sites for hydroxylation is 3. The molecule has 0 bridgehead atoms. The van der Waals surface area contributed by atoms with E-state index in [1.54, 1.807) is 0 Å². The number of fused-ring (bicyclic) bond motifs is 2. The average Bonchev–Trinajstić information content (AvgIpc) is 3.38. The Bertz CT molecular complexity index is 1070. The molecule has 0 spiro atoms. The van der Waals surface area contributed by atoms with Crippen LogP contribution in [-0.4, -0.2) is 58.1 Å². The van der Waals surface area contributed by atoms with Crippen LogP contribution in [0, 0.1) is 20.8 Å². The number of hydrogen-bond acceptors (Lipinski definition) is 6. The van der Waals surface area contributed by atoms with Crippen molar-refractivity contribution in [1.82, 2.24) is 19.9 Å². The number of carbonyl (C=O) groups is 1. The minimum absolute atomic E-state index is 0.0318. The third-order valence-electron chi connectivity index (χ3n) is 6.04. The zero-order valence-corrected chi connectivity index (χ0v) is 16.5. The van der Waals surface area contributed by atoms with E-state index in [1.165, 1.54) is 12.8 Å². The highest BCUT2D eigenvalue weighted by Crippen LogP contribution is 2.32. The summed E-state index contributed by atoms with van der Waals surface area (Å²) in [4.78, 5) is 22.6. The van der Waals surface area contributed by atoms with Gasteiger partial charge >= 0.3 is 0 Å². The van der Waals surface area contributed by atoms with Gasteiger partial charge < -0.3 is 13.8 Å². The van der Waals surface area contributed by atoms with Crippen LogP contribution in [0.2, 0.25) is 0 Å². The summed E-state index contributed by atoms with van der Waals surface area (Å²) in [7, 11) is 0. The molecule has 0 aromatic carbocycles. The molecule has 28 heavy (non-hydrogen) atoms. The average molecular weight is 380 g/mol. The first-order chi connectivity index (χ1) is 13.5. The minimum Gasteiger partial charge on any atom is -0.466 e. The molecular formula is C21H24N4O3. The number of piperazine rings is 1. The van der Waals surface area contributed by atoms with Crippen LogP contribution in [0.5, 0.6) is 0 Å². The molecule has 7 heteroatoms. The number of amides is 1. The van der Waals surface area contributed by atoms with Crippen molar-refractivity contribution in [2.45, 2.75) is 39.7 Å². The molecule has 146 valence electrons. The summed E-state index contributed by atoms with van der Waals surface area (Å²) in [6, 6.07) is 4.29. The van der Waals surface area contributed by atoms with E-state index in [-0.39, 0.29) is 5.91 Å². The number of furan rings is 1. The summed E-state index contributed by atoms with van der Waals surface area (Å²) in [5.41, 5.74) is 3.26. The molecule has 2 aliphatic rings. The Balaban J connectivity index is 1.58. The Morgan fingerprint density at radius 2 is 2.04 bits per heavy atom. The van der Waals surface area contributed by atoms with Crippen LogP contribution in [0.1, 0.15) is 40.4 Å². The molecule has 5 heterocycles. The number of rotatable bonds is 2. The predicted molar refractivity (Wildman–Crippen MR) is 104 cm³/mol. The lowest BCUT2D eigenvalue weighted by Crippen LogP contribution is -2.52. The van der Waals surface area contributed by atoms with E-state index in [4.69, 9.17) is 8.94 Å². The summed E-state index contributed by atoms with van der Waals surface area (Å²) in [6.45, 7) is 9.29. The van der Waals surface area contributed by atoms with Gasteiger partial charge in [-0.2, -0.15) is 0 Å². The van der Waals surface area contributed by atoms with Crippen molar-refractivity contribution in [2.24, 2.45) is 0 Å². The van der Waals surface area contributed by atoms with Crippen LogP contribution in [-0.2, 0) is 0 Å². The second-order valence-electron chi connectivity index (χ2n) is 7.91. The minimum atomic E-state index is 0.0318. The second-order valence-corrected chi connectivity index (χ2v) is 7.91. The highest BCUT2D eigenvalue weighted by atomic mass is 16.5. The number of nitrogens with zero attached hydrogens (tertiary/aromatic N) is 4. The molecule has 2 aliphatic heterocycles. The summed E-state index contributed by atoms with van der Waals surface area (Å²) in [6.07, 6.45) is 2.39. The van der Waals surface area contributed by atoms with E-state index in [0.29, 0.717) is 34.1 Å². The Hall–Kier alpha value is -2.67. The van der Waals surface area contributed by atoms with Crippen molar-refractivity contribution in [3.63, 3.8) is 0 Å². The van der Waals surface area contributed by atoms with E-state index in [0.717, 1.165) is 43.3 Å². The lowest BCUT2D eigenvalue weighted by atomic mass is 10.0. The van der Waals surface area contributed by atoms with Gasteiger partial charge in [-0.05, 0) is 52.3 Å². The highest BCUT2D eigenvalue weighted by molar-refractivity contribution is 6.07. The van der Waals surface area contributed by atoms with Crippen LogP contribution in [0.4, 0.5) is 0 Å². The summed E-state index contributed by atoms with van der Waals surface area (Å²) >= 11 is 0. The fourth-order valence-corrected chi connectivity index (χ4v) is 4.63. The van der Waals surface area contributed by atoms with Crippen LogP contribution in [0.3, 0.4) is 0 Å². The monoisotopic (exact) mass is 380 g/mol. The van der Waals surface area contributed by atoms with Crippen LogP contribution < -0.4 is 0 Å². The van der Waals surface area contributed by atoms with Gasteiger partial charge in [0.2, 0.25) is 0 Å². The fourth-order valence-electron chi connectivity index (χ4n) is 4.63. The highest BCUT2D eigenvalue weighted by Gasteiger charge is 2.34. The largest absolute Gasteiger partial charge is 0.466 e. The van der Waals surface area contributed by atoms with E-state index < -0.39 is 0 Å². The number of carbonyl (C=O) groups excluding carboxylic acids is 1. The molecule has 2 saturated heterocycles. The maximum Gasteiger partial charge on any atom is 0.259 e. The van der Waals surface area contributed by atoms with Gasteiger partial charge in [0.05, 0.1) is 22.3 Å². The van der Waals surface area contributed by atoms with Crippen molar-refractivity contribution in [3.05, 3.63) is 34.9 Å². The molecule has 3 aromatic rings. The van der Waals surface area contributed by atoms with Crippen molar-refractivity contribution in [1.29, 1.82) is 0 Å². The SMILES string of the molecule is Cc1cc(-c2cc(C(=O)N3CCN4CCCC4C3)c3c(C)noc3n2)c(C)o1. The number of hydrogen-bond donors (Lipinski definition) is 0. The molecule has 0 saturated carbocycles. The van der Waals surface area contributed by atoms with Crippen LogP contribution in [0.25, 0.3) is 22.4 Å². The third-order valence-corrected chi connectivity index (χ3v) is 6.04. The molecule has 1 atom stereocenters. The smallest absolute Gasteiger partial charge is 0.259 e. The molecule has 7 nitrogen and oxygen atoms in total. The quantitative estimate of drug-likeness (QED) is 0.679. The van der Waals surface area contributed by atoms with Gasteiger partial charge in [0.25, 0.3) is 11.6 Å². The molecule has 0 aliphatic carbocycles. The van der Waals surface area contributed by atoms with E-state index >= 15 is 0 Å². The van der Waals surface area contributed by atoms with Gasteiger partial charge in [0, 0.05) is 31.2 Å². The van der Waals surface area contributed by atoms with Crippen molar-refractivity contribution in [2.75, 3.05) is 26.2 Å². The normalized spacial score (nSPS) is 20.1. The molecule has 0 radical (unpaired) electrons. The molecule has 3 aromatic heterocycles. The van der Waals surface area contributed by atoms with E-state index in [1.807, 2.05) is 37.8 Å².